The van der Waals surface area contributed by atoms with Crippen LogP contribution in [-0.2, 0) is 0 Å². The van der Waals surface area contributed by atoms with Gasteiger partial charge < -0.3 is 4.90 Å². The van der Waals surface area contributed by atoms with Crippen molar-refractivity contribution in [3.8, 4) is 0 Å². The zero-order valence-corrected chi connectivity index (χ0v) is 16.2. The van der Waals surface area contributed by atoms with Crippen LogP contribution in [0.2, 0.25) is 0 Å². The maximum absolute atomic E-state index is 2.45. The molecule has 1 nitrogen and oxygen atoms in total. The average Bonchev–Trinajstić information content (AvgIpc) is 2.88. The summed E-state index contributed by atoms with van der Waals surface area (Å²) in [5.74, 6) is 0. The minimum Gasteiger partial charge on any atom is -0.306 e. The number of likely N-dealkylation sites (tertiary alicyclic amines) is 1. The fraction of sp³-hybridized carbons (Fsp3) is 1.00. The minimum atomic E-state index is 0.675. The SMILES string of the molecule is CC.CC.CC.CCC.CCC1(CC)CCN(C)C1. The quantitative estimate of drug-likeness (QED) is 0.547. The van der Waals surface area contributed by atoms with Crippen LogP contribution in [0.1, 0.15) is 94.9 Å². The van der Waals surface area contributed by atoms with E-state index in [4.69, 9.17) is 0 Å². The van der Waals surface area contributed by atoms with Crippen molar-refractivity contribution in [2.24, 2.45) is 5.41 Å². The van der Waals surface area contributed by atoms with Gasteiger partial charge in [0.15, 0.2) is 0 Å². The van der Waals surface area contributed by atoms with E-state index in [-0.39, 0.29) is 0 Å². The molecule has 1 fully saturated rings. The van der Waals surface area contributed by atoms with Crippen molar-refractivity contribution in [1.82, 2.24) is 4.90 Å². The lowest BCUT2D eigenvalue weighted by atomic mass is 9.82. The highest BCUT2D eigenvalue weighted by Crippen LogP contribution is 2.35. The number of nitrogens with zero attached hydrogens (tertiary/aromatic N) is 1. The van der Waals surface area contributed by atoms with Gasteiger partial charge in [-0.05, 0) is 38.3 Å². The minimum absolute atomic E-state index is 0.675. The monoisotopic (exact) mass is 275 g/mol. The molecule has 19 heavy (non-hydrogen) atoms. The lowest BCUT2D eigenvalue weighted by molar-refractivity contribution is 0.261. The van der Waals surface area contributed by atoms with Crippen LogP contribution in [0.4, 0.5) is 0 Å². The Morgan fingerprint density at radius 2 is 1.11 bits per heavy atom. The molecule has 1 saturated heterocycles. The van der Waals surface area contributed by atoms with Gasteiger partial charge in [-0.25, -0.2) is 0 Å². The van der Waals surface area contributed by atoms with E-state index in [1.54, 1.807) is 0 Å². The molecule has 0 atom stereocenters. The molecule has 1 aliphatic rings. The summed E-state index contributed by atoms with van der Waals surface area (Å²) < 4.78 is 0. The lowest BCUT2D eigenvalue weighted by Crippen LogP contribution is -2.23. The Labute approximate surface area is 126 Å². The number of hydrogen-bond donors (Lipinski definition) is 0. The van der Waals surface area contributed by atoms with E-state index in [1.165, 1.54) is 38.8 Å². The second-order valence-electron chi connectivity index (χ2n) is 4.40. The standard InChI is InChI=1S/C9H19N.C3H8.3C2H6/c1-4-9(5-2)6-7-10(3)8-9;1-3-2;3*1-2/h4-8H2,1-3H3;3H2,1-2H3;3*1-2H3. The summed E-state index contributed by atoms with van der Waals surface area (Å²) in [7, 11) is 2.23. The van der Waals surface area contributed by atoms with E-state index < -0.39 is 0 Å². The molecule has 122 valence electrons. The highest BCUT2D eigenvalue weighted by molar-refractivity contribution is 4.86. The van der Waals surface area contributed by atoms with Gasteiger partial charge in [-0.3, -0.25) is 0 Å². The van der Waals surface area contributed by atoms with E-state index in [9.17, 15) is 0 Å². The molecule has 1 heterocycles. The molecule has 0 spiro atoms. The highest BCUT2D eigenvalue weighted by atomic mass is 15.1. The Morgan fingerprint density at radius 3 is 1.21 bits per heavy atom. The van der Waals surface area contributed by atoms with Crippen LogP contribution in [0.25, 0.3) is 0 Å². The first-order valence-electron chi connectivity index (χ1n) is 8.82. The van der Waals surface area contributed by atoms with Crippen LogP contribution in [0.3, 0.4) is 0 Å². The van der Waals surface area contributed by atoms with Gasteiger partial charge in [-0.15, -0.1) is 0 Å². The topological polar surface area (TPSA) is 3.24 Å². The summed E-state index contributed by atoms with van der Waals surface area (Å²) in [6.45, 7) is 23.5. The zero-order valence-electron chi connectivity index (χ0n) is 16.2. The van der Waals surface area contributed by atoms with Crippen LogP contribution >= 0.6 is 0 Å². The van der Waals surface area contributed by atoms with Gasteiger partial charge in [-0.2, -0.15) is 0 Å². The van der Waals surface area contributed by atoms with Gasteiger partial charge in [0.1, 0.15) is 0 Å². The van der Waals surface area contributed by atoms with Gasteiger partial charge in [0, 0.05) is 6.54 Å². The van der Waals surface area contributed by atoms with Gasteiger partial charge in [0.2, 0.25) is 0 Å². The van der Waals surface area contributed by atoms with Crippen LogP contribution in [0, 0.1) is 5.41 Å². The number of hydrogen-bond acceptors (Lipinski definition) is 1. The third-order valence-electron chi connectivity index (χ3n) is 3.13. The van der Waals surface area contributed by atoms with Crippen LogP contribution in [-0.4, -0.2) is 25.0 Å². The lowest BCUT2D eigenvalue weighted by Gasteiger charge is -2.25. The predicted molar refractivity (Wildman–Crippen MR) is 95.1 cm³/mol. The normalized spacial score (nSPS) is 15.3. The van der Waals surface area contributed by atoms with E-state index in [0.29, 0.717) is 5.41 Å². The molecule has 1 rings (SSSR count). The molecule has 0 aliphatic carbocycles. The van der Waals surface area contributed by atoms with Crippen molar-refractivity contribution in [3.63, 3.8) is 0 Å². The first kappa shape index (κ1) is 27.3. The van der Waals surface area contributed by atoms with Gasteiger partial charge in [-0.1, -0.05) is 75.7 Å². The smallest absolute Gasteiger partial charge is 0.00352 e. The first-order chi connectivity index (χ1) is 9.14. The second kappa shape index (κ2) is 23.1. The van der Waals surface area contributed by atoms with Gasteiger partial charge in [0.05, 0.1) is 0 Å². The van der Waals surface area contributed by atoms with Crippen molar-refractivity contribution in [1.29, 1.82) is 0 Å². The molecule has 0 aromatic heterocycles. The van der Waals surface area contributed by atoms with E-state index in [2.05, 4.69) is 39.6 Å². The number of rotatable bonds is 2. The Balaban J connectivity index is -0.000000106. The van der Waals surface area contributed by atoms with Gasteiger partial charge in [0.25, 0.3) is 0 Å². The second-order valence-corrected chi connectivity index (χ2v) is 4.40. The summed E-state index contributed by atoms with van der Waals surface area (Å²) >= 11 is 0. The predicted octanol–water partition coefficient (Wildman–Crippen LogP) is 6.62. The summed E-state index contributed by atoms with van der Waals surface area (Å²) in [5, 5.41) is 0. The van der Waals surface area contributed by atoms with Crippen LogP contribution < -0.4 is 0 Å². The van der Waals surface area contributed by atoms with Crippen molar-refractivity contribution < 1.29 is 0 Å². The Morgan fingerprint density at radius 1 is 0.789 bits per heavy atom. The van der Waals surface area contributed by atoms with Gasteiger partial charge >= 0.3 is 0 Å². The Kier molecular flexibility index (Phi) is 33.2. The van der Waals surface area contributed by atoms with Crippen molar-refractivity contribution in [3.05, 3.63) is 0 Å². The Bertz CT molecular complexity index is 117. The maximum atomic E-state index is 2.45. The third kappa shape index (κ3) is 15.9. The largest absolute Gasteiger partial charge is 0.306 e. The molecule has 0 N–H and O–H groups in total. The first-order valence-corrected chi connectivity index (χ1v) is 8.82. The average molecular weight is 276 g/mol. The van der Waals surface area contributed by atoms with E-state index in [0.717, 1.165) is 0 Å². The summed E-state index contributed by atoms with van der Waals surface area (Å²) in [6.07, 6.45) is 5.37. The highest BCUT2D eigenvalue weighted by Gasteiger charge is 2.32. The molecule has 0 aromatic rings. The maximum Gasteiger partial charge on any atom is 0.00352 e. The Hall–Kier alpha value is -0.0400. The molecule has 1 aliphatic heterocycles. The summed E-state index contributed by atoms with van der Waals surface area (Å²) in [6, 6.07) is 0. The third-order valence-corrected chi connectivity index (χ3v) is 3.13. The molecule has 0 radical (unpaired) electrons. The summed E-state index contributed by atoms with van der Waals surface area (Å²) in [4.78, 5) is 2.45. The van der Waals surface area contributed by atoms with Crippen molar-refractivity contribution in [2.45, 2.75) is 94.9 Å². The van der Waals surface area contributed by atoms with Crippen LogP contribution in [0.15, 0.2) is 0 Å². The fourth-order valence-electron chi connectivity index (χ4n) is 1.99. The van der Waals surface area contributed by atoms with Crippen LogP contribution in [0.5, 0.6) is 0 Å². The fourth-order valence-corrected chi connectivity index (χ4v) is 1.99. The van der Waals surface area contributed by atoms with Crippen molar-refractivity contribution in [2.75, 3.05) is 20.1 Å². The molecular formula is C18H45N. The molecule has 0 bridgehead atoms. The molecule has 0 saturated carbocycles. The van der Waals surface area contributed by atoms with E-state index in [1.807, 2.05) is 41.5 Å². The molecule has 0 aromatic carbocycles. The molecule has 1 heteroatoms. The summed E-state index contributed by atoms with van der Waals surface area (Å²) in [5.41, 5.74) is 0.675. The molecule has 0 unspecified atom stereocenters. The van der Waals surface area contributed by atoms with E-state index >= 15 is 0 Å². The molecule has 0 amide bonds. The molecular weight excluding hydrogens is 230 g/mol. The zero-order chi connectivity index (χ0) is 16.3. The van der Waals surface area contributed by atoms with Crippen molar-refractivity contribution >= 4 is 0 Å².